The normalized spacial score (nSPS) is 14.2. The van der Waals surface area contributed by atoms with Gasteiger partial charge < -0.3 is 25.3 Å². The van der Waals surface area contributed by atoms with Crippen LogP contribution in [0.1, 0.15) is 24.8 Å². The second-order valence-corrected chi connectivity index (χ2v) is 7.14. The third kappa shape index (κ3) is 5.47. The smallest absolute Gasteiger partial charge is 0.341 e. The minimum Gasteiger partial charge on any atom is -0.452 e. The van der Waals surface area contributed by atoms with Crippen LogP contribution in [0.25, 0.3) is 11.1 Å². The molecule has 1 aliphatic rings. The lowest BCUT2D eigenvalue weighted by atomic mass is 9.84. The van der Waals surface area contributed by atoms with E-state index in [0.717, 1.165) is 23.4 Å². The molecule has 7 heteroatoms. The highest BCUT2D eigenvalue weighted by molar-refractivity contribution is 5.93. The molecule has 0 saturated carbocycles. The van der Waals surface area contributed by atoms with Gasteiger partial charge in [0.25, 0.3) is 0 Å². The van der Waals surface area contributed by atoms with Gasteiger partial charge in [0, 0.05) is 23.7 Å². The first-order valence-corrected chi connectivity index (χ1v) is 10.3. The molecule has 0 fully saturated rings. The largest absolute Gasteiger partial charge is 0.452 e. The lowest BCUT2D eigenvalue weighted by Gasteiger charge is -2.28. The fourth-order valence-electron chi connectivity index (χ4n) is 3.57. The van der Waals surface area contributed by atoms with Crippen LogP contribution in [0.5, 0.6) is 5.75 Å². The fourth-order valence-corrected chi connectivity index (χ4v) is 3.57. The zero-order valence-corrected chi connectivity index (χ0v) is 18.2. The first-order valence-electron chi connectivity index (χ1n) is 10.3. The molecule has 3 rings (SSSR count). The van der Waals surface area contributed by atoms with Crippen LogP contribution >= 0.6 is 0 Å². The van der Waals surface area contributed by atoms with E-state index in [-0.39, 0.29) is 31.1 Å². The predicted octanol–water partition coefficient (Wildman–Crippen LogP) is 3.17. The zero-order chi connectivity index (χ0) is 23.8. The number of hydrogen-bond donors (Lipinski definition) is 2. The fraction of sp³-hybridized carbons (Fsp3) is 0.231. The minimum absolute atomic E-state index is 0.00931. The molecule has 1 aliphatic heterocycles. The Bertz CT molecular complexity index is 1150. The number of ether oxygens (including phenoxy) is 3. The van der Waals surface area contributed by atoms with E-state index in [1.54, 1.807) is 6.07 Å². The van der Waals surface area contributed by atoms with Crippen molar-refractivity contribution >= 4 is 17.6 Å². The number of fused-ring (bicyclic) bond motifs is 1. The third-order valence-corrected chi connectivity index (χ3v) is 5.01. The van der Waals surface area contributed by atoms with Gasteiger partial charge >= 0.3 is 11.9 Å². The van der Waals surface area contributed by atoms with E-state index in [0.29, 0.717) is 11.3 Å². The van der Waals surface area contributed by atoms with Crippen molar-refractivity contribution in [2.24, 2.45) is 5.73 Å². The van der Waals surface area contributed by atoms with Gasteiger partial charge in [-0.15, -0.1) is 12.8 Å². The molecule has 2 aromatic rings. The highest BCUT2D eigenvalue weighted by Crippen LogP contribution is 2.42. The molecule has 0 bridgehead atoms. The first-order chi connectivity index (χ1) is 16.0. The van der Waals surface area contributed by atoms with Gasteiger partial charge in [-0.1, -0.05) is 30.0 Å². The molecule has 0 radical (unpaired) electrons. The molecule has 168 valence electrons. The number of nitrogens with two attached hydrogens (primary N) is 1. The Labute approximate surface area is 192 Å². The summed E-state index contributed by atoms with van der Waals surface area (Å²) in [5, 5.41) is 3.25. The van der Waals surface area contributed by atoms with Crippen LogP contribution in [0.4, 0.5) is 5.69 Å². The average molecular weight is 444 g/mol. The third-order valence-electron chi connectivity index (χ3n) is 5.01. The number of terminal acetylenes is 2. The molecule has 0 saturated heterocycles. The van der Waals surface area contributed by atoms with Gasteiger partial charge in [0.2, 0.25) is 5.88 Å². The van der Waals surface area contributed by atoms with Gasteiger partial charge in [0.15, 0.2) is 13.2 Å². The summed E-state index contributed by atoms with van der Waals surface area (Å²) in [4.78, 5) is 25.1. The molecule has 1 heterocycles. The van der Waals surface area contributed by atoms with E-state index in [1.807, 2.05) is 43.3 Å². The maximum atomic E-state index is 12.7. The van der Waals surface area contributed by atoms with Crippen molar-refractivity contribution in [1.82, 2.24) is 0 Å². The van der Waals surface area contributed by atoms with Gasteiger partial charge in [0.05, 0.1) is 6.42 Å². The molecule has 33 heavy (non-hydrogen) atoms. The number of rotatable bonds is 8. The van der Waals surface area contributed by atoms with Crippen LogP contribution in [0.2, 0.25) is 0 Å². The number of benzene rings is 2. The number of carbonyl (C=O) groups is 2. The maximum absolute atomic E-state index is 12.7. The van der Waals surface area contributed by atoms with E-state index >= 15 is 0 Å². The van der Waals surface area contributed by atoms with Crippen LogP contribution in [0.3, 0.4) is 0 Å². The maximum Gasteiger partial charge on any atom is 0.341 e. The summed E-state index contributed by atoms with van der Waals surface area (Å²) in [6.45, 7) is 2.43. The quantitative estimate of drug-likeness (QED) is 0.477. The summed E-state index contributed by atoms with van der Waals surface area (Å²) in [6.07, 6.45) is 10.2. The molecule has 0 aliphatic carbocycles. The Morgan fingerprint density at radius 2 is 1.73 bits per heavy atom. The highest BCUT2D eigenvalue weighted by atomic mass is 16.5. The summed E-state index contributed by atoms with van der Waals surface area (Å²) in [5.74, 6) is 2.66. The average Bonchev–Trinajstić information content (AvgIpc) is 2.81. The molecule has 0 aromatic heterocycles. The van der Waals surface area contributed by atoms with Crippen molar-refractivity contribution in [3.8, 4) is 41.6 Å². The molecular formula is C26H24N2O5. The molecule has 0 spiro atoms. The second kappa shape index (κ2) is 10.8. The topological polar surface area (TPSA) is 99.9 Å². The first kappa shape index (κ1) is 23.3. The number of anilines is 1. The Hall–Kier alpha value is -4.36. The van der Waals surface area contributed by atoms with Crippen LogP contribution in [-0.2, 0) is 19.1 Å². The molecular weight excluding hydrogens is 420 g/mol. The summed E-state index contributed by atoms with van der Waals surface area (Å²) >= 11 is 0. The molecule has 0 amide bonds. The summed E-state index contributed by atoms with van der Waals surface area (Å²) in [7, 11) is 0. The van der Waals surface area contributed by atoms with Crippen LogP contribution in [-0.4, -0.2) is 31.7 Å². The van der Waals surface area contributed by atoms with Crippen LogP contribution < -0.4 is 15.8 Å². The Morgan fingerprint density at radius 3 is 2.39 bits per heavy atom. The molecule has 7 nitrogen and oxygen atoms in total. The van der Waals surface area contributed by atoms with Crippen molar-refractivity contribution in [3.05, 3.63) is 59.5 Å². The van der Waals surface area contributed by atoms with Crippen LogP contribution in [0, 0.1) is 24.7 Å². The van der Waals surface area contributed by atoms with Crippen molar-refractivity contribution in [2.75, 3.05) is 25.1 Å². The number of hydrogen-bond acceptors (Lipinski definition) is 7. The van der Waals surface area contributed by atoms with E-state index in [2.05, 4.69) is 17.2 Å². The highest BCUT2D eigenvalue weighted by Gasteiger charge is 2.36. The Kier molecular flexibility index (Phi) is 7.62. The van der Waals surface area contributed by atoms with Gasteiger partial charge in [-0.05, 0) is 42.3 Å². The molecule has 3 N–H and O–H groups in total. The Morgan fingerprint density at radius 1 is 1.06 bits per heavy atom. The summed E-state index contributed by atoms with van der Waals surface area (Å²) in [5.41, 5.74) is 9.48. The van der Waals surface area contributed by atoms with E-state index in [1.165, 1.54) is 0 Å². The Balaban J connectivity index is 2.01. The van der Waals surface area contributed by atoms with Gasteiger partial charge in [-0.25, -0.2) is 4.79 Å². The lowest BCUT2D eigenvalue weighted by molar-refractivity contribution is -0.142. The second-order valence-electron chi connectivity index (χ2n) is 7.14. The lowest BCUT2D eigenvalue weighted by Crippen LogP contribution is -2.28. The van der Waals surface area contributed by atoms with E-state index in [4.69, 9.17) is 32.8 Å². The van der Waals surface area contributed by atoms with Gasteiger partial charge in [0.1, 0.15) is 11.3 Å². The van der Waals surface area contributed by atoms with Crippen molar-refractivity contribution < 1.29 is 23.8 Å². The molecule has 1 unspecified atom stereocenters. The number of carbonyl (C=O) groups excluding carboxylic acids is 2. The van der Waals surface area contributed by atoms with Crippen molar-refractivity contribution in [2.45, 2.75) is 19.3 Å². The standard InChI is InChI=1S/C26H24N2O5/c1-4-13-31-23(29)16-21-20-15-18(17-7-10-19(11-8-17)28-6-3)9-12-22(20)33-25(27)24(21)26(30)32-14-5-2/h1-2,7-12,15,21,28H,6,13-14,16,27H2,3H3. The summed E-state index contributed by atoms with van der Waals surface area (Å²) in [6, 6.07) is 13.4. The molecule has 1 atom stereocenters. The van der Waals surface area contributed by atoms with Gasteiger partial charge in [-0.2, -0.15) is 0 Å². The predicted molar refractivity (Wildman–Crippen MR) is 125 cm³/mol. The van der Waals surface area contributed by atoms with Gasteiger partial charge in [-0.3, -0.25) is 4.79 Å². The minimum atomic E-state index is -0.759. The van der Waals surface area contributed by atoms with E-state index < -0.39 is 17.9 Å². The van der Waals surface area contributed by atoms with E-state index in [9.17, 15) is 9.59 Å². The van der Waals surface area contributed by atoms with Crippen LogP contribution in [0.15, 0.2) is 53.9 Å². The monoisotopic (exact) mass is 444 g/mol. The number of nitrogens with one attached hydrogen (secondary N) is 1. The number of esters is 2. The zero-order valence-electron chi connectivity index (χ0n) is 18.2. The van der Waals surface area contributed by atoms with Crippen molar-refractivity contribution in [1.29, 1.82) is 0 Å². The SMILES string of the molecule is C#CCOC(=O)CC1C(C(=O)OCC#C)=C(N)Oc2ccc(-c3ccc(NCC)cc3)cc21. The van der Waals surface area contributed by atoms with Crippen molar-refractivity contribution in [3.63, 3.8) is 0 Å². The summed E-state index contributed by atoms with van der Waals surface area (Å²) < 4.78 is 15.8. The molecule has 2 aromatic carbocycles.